The van der Waals surface area contributed by atoms with Crippen LogP contribution in [0.25, 0.3) is 33.9 Å². The number of alkyl halides is 3. The molecule has 0 unspecified atom stereocenters. The van der Waals surface area contributed by atoms with Crippen molar-refractivity contribution in [3.63, 3.8) is 0 Å². The third-order valence-corrected chi connectivity index (χ3v) is 4.48. The van der Waals surface area contributed by atoms with Crippen molar-refractivity contribution in [2.75, 3.05) is 0 Å². The monoisotopic (exact) mass is 427 g/mol. The third-order valence-electron chi connectivity index (χ3n) is 4.48. The molecular formula is C21H16F3N5O2. The molecule has 0 spiro atoms. The number of benzene rings is 1. The molecule has 0 aliphatic carbocycles. The zero-order valence-corrected chi connectivity index (χ0v) is 16.2. The molecule has 7 nitrogen and oxygen atoms in total. The number of halogens is 3. The van der Waals surface area contributed by atoms with E-state index in [9.17, 15) is 18.0 Å². The van der Waals surface area contributed by atoms with E-state index in [1.165, 1.54) is 24.7 Å². The maximum atomic E-state index is 13.0. The Hall–Kier alpha value is -3.95. The van der Waals surface area contributed by atoms with E-state index >= 15 is 0 Å². The van der Waals surface area contributed by atoms with Crippen LogP contribution in [0, 0.1) is 0 Å². The van der Waals surface area contributed by atoms with Gasteiger partial charge < -0.3 is 9.72 Å². The molecule has 4 aromatic rings. The van der Waals surface area contributed by atoms with Crippen molar-refractivity contribution in [1.29, 1.82) is 0 Å². The molecule has 0 fully saturated rings. The second kappa shape index (κ2) is 8.05. The van der Waals surface area contributed by atoms with Gasteiger partial charge in [-0.2, -0.15) is 18.3 Å². The van der Waals surface area contributed by atoms with Gasteiger partial charge in [-0.1, -0.05) is 30.3 Å². The number of carbonyl (C=O) groups excluding carboxylic acids is 1. The predicted molar refractivity (Wildman–Crippen MR) is 106 cm³/mol. The van der Waals surface area contributed by atoms with Gasteiger partial charge in [0.2, 0.25) is 0 Å². The standard InChI is InChI=1S/C21H16F3N5O2/c1-2-29-12-14(10-27-29)15-8-9-25-17(18(15)31-20(30)21(22,23)24)19-26-11-16(28-19)13-6-4-3-5-7-13/h3-12H,2H2,1H3,(H,26,28). The summed E-state index contributed by atoms with van der Waals surface area (Å²) in [4.78, 5) is 23.1. The summed E-state index contributed by atoms with van der Waals surface area (Å²) >= 11 is 0. The molecule has 0 atom stereocenters. The largest absolute Gasteiger partial charge is 0.491 e. The minimum atomic E-state index is -5.17. The van der Waals surface area contributed by atoms with Crippen LogP contribution in [-0.2, 0) is 11.3 Å². The predicted octanol–water partition coefficient (Wildman–Crippen LogP) is 4.49. The summed E-state index contributed by atoms with van der Waals surface area (Å²) in [5, 5.41) is 4.14. The first-order valence-corrected chi connectivity index (χ1v) is 9.28. The summed E-state index contributed by atoms with van der Waals surface area (Å²) in [6.07, 6.45) is 0.885. The maximum Gasteiger partial charge on any atom is 0.491 e. The van der Waals surface area contributed by atoms with Gasteiger partial charge in [-0.3, -0.25) is 4.68 Å². The molecule has 0 amide bonds. The number of rotatable bonds is 5. The van der Waals surface area contributed by atoms with E-state index in [0.717, 1.165) is 5.56 Å². The lowest BCUT2D eigenvalue weighted by molar-refractivity contribution is -0.189. The number of esters is 1. The molecule has 3 heterocycles. The molecule has 31 heavy (non-hydrogen) atoms. The van der Waals surface area contributed by atoms with Crippen LogP contribution in [-0.4, -0.2) is 36.9 Å². The third kappa shape index (κ3) is 4.18. The van der Waals surface area contributed by atoms with Gasteiger partial charge in [0.1, 0.15) is 5.69 Å². The molecule has 10 heteroatoms. The molecule has 0 saturated carbocycles. The summed E-state index contributed by atoms with van der Waals surface area (Å²) in [6.45, 7) is 2.43. The summed E-state index contributed by atoms with van der Waals surface area (Å²) in [7, 11) is 0. The fourth-order valence-corrected chi connectivity index (χ4v) is 2.98. The number of aromatic nitrogens is 5. The number of pyridine rings is 1. The molecule has 4 rings (SSSR count). The Morgan fingerprint density at radius 2 is 1.87 bits per heavy atom. The van der Waals surface area contributed by atoms with Crippen molar-refractivity contribution in [3.05, 3.63) is 61.2 Å². The van der Waals surface area contributed by atoms with E-state index in [2.05, 4.69) is 20.1 Å². The lowest BCUT2D eigenvalue weighted by Crippen LogP contribution is -2.28. The van der Waals surface area contributed by atoms with E-state index in [1.807, 2.05) is 37.3 Å². The lowest BCUT2D eigenvalue weighted by Gasteiger charge is -2.13. The minimum absolute atomic E-state index is 0.0264. The molecule has 3 aromatic heterocycles. The fraction of sp³-hybridized carbons (Fsp3) is 0.143. The van der Waals surface area contributed by atoms with E-state index in [-0.39, 0.29) is 22.8 Å². The van der Waals surface area contributed by atoms with Gasteiger partial charge in [0.25, 0.3) is 0 Å². The van der Waals surface area contributed by atoms with Crippen molar-refractivity contribution in [1.82, 2.24) is 24.7 Å². The second-order valence-corrected chi connectivity index (χ2v) is 6.52. The Morgan fingerprint density at radius 3 is 2.55 bits per heavy atom. The summed E-state index contributed by atoms with van der Waals surface area (Å²) in [5.41, 5.74) is 2.15. The van der Waals surface area contributed by atoms with Gasteiger partial charge in [0, 0.05) is 30.1 Å². The summed E-state index contributed by atoms with van der Waals surface area (Å²) < 4.78 is 45.2. The zero-order chi connectivity index (χ0) is 22.0. The van der Waals surface area contributed by atoms with Gasteiger partial charge in [0.15, 0.2) is 11.6 Å². The van der Waals surface area contributed by atoms with Gasteiger partial charge in [0.05, 0.1) is 18.1 Å². The van der Waals surface area contributed by atoms with Crippen LogP contribution in [0.4, 0.5) is 13.2 Å². The number of ether oxygens (including phenoxy) is 1. The van der Waals surface area contributed by atoms with Gasteiger partial charge in [-0.05, 0) is 18.6 Å². The molecule has 0 aliphatic heterocycles. The summed E-state index contributed by atoms with van der Waals surface area (Å²) in [6, 6.07) is 10.7. The number of aryl methyl sites for hydroxylation is 1. The quantitative estimate of drug-likeness (QED) is 0.475. The molecule has 0 aliphatic rings. The second-order valence-electron chi connectivity index (χ2n) is 6.52. The molecule has 1 N–H and O–H groups in total. The Balaban J connectivity index is 1.83. The van der Waals surface area contributed by atoms with Crippen LogP contribution in [0.1, 0.15) is 6.92 Å². The molecule has 0 radical (unpaired) electrons. The van der Waals surface area contributed by atoms with Crippen molar-refractivity contribution in [2.45, 2.75) is 19.6 Å². The maximum absolute atomic E-state index is 13.0. The first-order valence-electron chi connectivity index (χ1n) is 9.28. The van der Waals surface area contributed by atoms with Crippen molar-refractivity contribution in [2.24, 2.45) is 0 Å². The van der Waals surface area contributed by atoms with Crippen LogP contribution < -0.4 is 4.74 Å². The SMILES string of the molecule is CCn1cc(-c2ccnc(-c3ncc(-c4ccccc4)[nH]3)c2OC(=O)C(F)(F)F)cn1. The van der Waals surface area contributed by atoms with E-state index in [4.69, 9.17) is 4.74 Å². The number of carbonyl (C=O) groups is 1. The highest BCUT2D eigenvalue weighted by atomic mass is 19.4. The highest BCUT2D eigenvalue weighted by Gasteiger charge is 2.42. The molecular weight excluding hydrogens is 411 g/mol. The van der Waals surface area contributed by atoms with Crippen molar-refractivity contribution >= 4 is 5.97 Å². The van der Waals surface area contributed by atoms with Crippen LogP contribution in [0.15, 0.2) is 61.2 Å². The Morgan fingerprint density at radius 1 is 1.10 bits per heavy atom. The first-order chi connectivity index (χ1) is 14.9. The smallest absolute Gasteiger partial charge is 0.417 e. The van der Waals surface area contributed by atoms with Crippen molar-refractivity contribution < 1.29 is 22.7 Å². The lowest BCUT2D eigenvalue weighted by atomic mass is 10.1. The zero-order valence-electron chi connectivity index (χ0n) is 16.2. The first kappa shape index (κ1) is 20.3. The average Bonchev–Trinajstić information content (AvgIpc) is 3.44. The molecule has 0 saturated heterocycles. The highest BCUT2D eigenvalue weighted by Crippen LogP contribution is 2.38. The minimum Gasteiger partial charge on any atom is -0.417 e. The number of imidazole rings is 1. The van der Waals surface area contributed by atoms with Crippen LogP contribution in [0.5, 0.6) is 5.75 Å². The highest BCUT2D eigenvalue weighted by molar-refractivity contribution is 5.85. The number of nitrogens with one attached hydrogen (secondary N) is 1. The Labute approximate surface area is 174 Å². The van der Waals surface area contributed by atoms with E-state index in [0.29, 0.717) is 17.8 Å². The number of hydrogen-bond acceptors (Lipinski definition) is 5. The number of nitrogens with zero attached hydrogens (tertiary/aromatic N) is 4. The van der Waals surface area contributed by atoms with Gasteiger partial charge in [-0.15, -0.1) is 0 Å². The topological polar surface area (TPSA) is 85.7 Å². The van der Waals surface area contributed by atoms with Crippen molar-refractivity contribution in [3.8, 4) is 39.7 Å². The van der Waals surface area contributed by atoms with Gasteiger partial charge >= 0.3 is 12.1 Å². The van der Waals surface area contributed by atoms with Crippen LogP contribution >= 0.6 is 0 Å². The Bertz CT molecular complexity index is 1220. The average molecular weight is 427 g/mol. The molecule has 1 aromatic carbocycles. The normalized spacial score (nSPS) is 11.5. The number of aromatic amines is 1. The van der Waals surface area contributed by atoms with Gasteiger partial charge in [-0.25, -0.2) is 14.8 Å². The molecule has 158 valence electrons. The van der Waals surface area contributed by atoms with Crippen LogP contribution in [0.3, 0.4) is 0 Å². The summed E-state index contributed by atoms with van der Waals surface area (Å²) in [5.74, 6) is -2.54. The van der Waals surface area contributed by atoms with E-state index < -0.39 is 12.1 Å². The Kier molecular flexibility index (Phi) is 5.28. The number of H-pyrrole nitrogens is 1. The number of hydrogen-bond donors (Lipinski definition) is 1. The van der Waals surface area contributed by atoms with Crippen LogP contribution in [0.2, 0.25) is 0 Å². The molecule has 0 bridgehead atoms. The fourth-order valence-electron chi connectivity index (χ4n) is 2.98. The van der Waals surface area contributed by atoms with E-state index in [1.54, 1.807) is 10.9 Å².